The minimum atomic E-state index is -0.378. The minimum absolute atomic E-state index is 0.164. The largest absolute Gasteiger partial charge is 0.465 e. The maximum Gasteiger partial charge on any atom is 0.337 e. The molecule has 4 nitrogen and oxygen atoms in total. The van der Waals surface area contributed by atoms with Gasteiger partial charge in [-0.25, -0.2) is 4.79 Å². The number of nitrogens with one attached hydrogen (secondary N) is 1. The second kappa shape index (κ2) is 7.94. The predicted molar refractivity (Wildman–Crippen MR) is 89.8 cm³/mol. The highest BCUT2D eigenvalue weighted by Gasteiger charge is 2.03. The second-order valence-electron chi connectivity index (χ2n) is 5.15. The molecule has 0 saturated carbocycles. The van der Waals surface area contributed by atoms with Gasteiger partial charge in [0.1, 0.15) is 0 Å². The Morgan fingerprint density at radius 2 is 1.70 bits per heavy atom. The number of esters is 1. The van der Waals surface area contributed by atoms with Crippen LogP contribution >= 0.6 is 0 Å². The van der Waals surface area contributed by atoms with Gasteiger partial charge in [0.15, 0.2) is 0 Å². The highest BCUT2D eigenvalue weighted by atomic mass is 16.5. The van der Waals surface area contributed by atoms with E-state index in [1.165, 1.54) is 18.7 Å². The Balaban J connectivity index is 1.88. The van der Waals surface area contributed by atoms with Crippen LogP contribution in [0.3, 0.4) is 0 Å². The van der Waals surface area contributed by atoms with E-state index in [-0.39, 0.29) is 11.9 Å². The Morgan fingerprint density at radius 1 is 1.04 bits per heavy atom. The molecule has 0 unspecified atom stereocenters. The molecule has 0 heterocycles. The third-order valence-corrected chi connectivity index (χ3v) is 3.35. The molecule has 2 rings (SSSR count). The zero-order valence-corrected chi connectivity index (χ0v) is 13.2. The summed E-state index contributed by atoms with van der Waals surface area (Å²) in [5, 5.41) is 2.83. The number of aryl methyl sites for hydroxylation is 1. The van der Waals surface area contributed by atoms with Gasteiger partial charge in [-0.1, -0.05) is 42.0 Å². The molecule has 0 spiro atoms. The van der Waals surface area contributed by atoms with Crippen molar-refractivity contribution in [1.82, 2.24) is 5.32 Å². The molecule has 4 heteroatoms. The summed E-state index contributed by atoms with van der Waals surface area (Å²) in [6.45, 7) is 2.52. The van der Waals surface area contributed by atoms with Crippen molar-refractivity contribution < 1.29 is 14.3 Å². The van der Waals surface area contributed by atoms with E-state index in [2.05, 4.69) is 10.1 Å². The SMILES string of the molecule is COC(=O)c1ccc(/C=C/C(=O)NCc2ccc(C)cc2)cc1. The number of ether oxygens (including phenoxy) is 1. The molecule has 0 aliphatic heterocycles. The van der Waals surface area contributed by atoms with Crippen LogP contribution in [-0.4, -0.2) is 19.0 Å². The normalized spacial score (nSPS) is 10.5. The fourth-order valence-corrected chi connectivity index (χ4v) is 1.97. The monoisotopic (exact) mass is 309 g/mol. The molecule has 0 aliphatic rings. The van der Waals surface area contributed by atoms with Crippen LogP contribution in [0.4, 0.5) is 0 Å². The van der Waals surface area contributed by atoms with Gasteiger partial charge in [0, 0.05) is 12.6 Å². The zero-order chi connectivity index (χ0) is 16.7. The van der Waals surface area contributed by atoms with E-state index < -0.39 is 0 Å². The second-order valence-corrected chi connectivity index (χ2v) is 5.15. The van der Waals surface area contributed by atoms with Crippen LogP contribution in [0.15, 0.2) is 54.6 Å². The quantitative estimate of drug-likeness (QED) is 0.682. The van der Waals surface area contributed by atoms with Gasteiger partial charge in [-0.05, 0) is 36.3 Å². The van der Waals surface area contributed by atoms with E-state index in [9.17, 15) is 9.59 Å². The third kappa shape index (κ3) is 5.11. The van der Waals surface area contributed by atoms with Crippen LogP contribution in [0.25, 0.3) is 6.08 Å². The van der Waals surface area contributed by atoms with Crippen LogP contribution in [0.2, 0.25) is 0 Å². The standard InChI is InChI=1S/C19H19NO3/c1-14-3-5-16(6-4-14)13-20-18(21)12-9-15-7-10-17(11-8-15)19(22)23-2/h3-12H,13H2,1-2H3,(H,20,21)/b12-9+. The lowest BCUT2D eigenvalue weighted by atomic mass is 10.1. The van der Waals surface area contributed by atoms with Crippen molar-refractivity contribution >= 4 is 18.0 Å². The summed E-state index contributed by atoms with van der Waals surface area (Å²) in [5.41, 5.74) is 3.56. The molecule has 0 fully saturated rings. The van der Waals surface area contributed by atoms with E-state index in [1.807, 2.05) is 31.2 Å². The van der Waals surface area contributed by atoms with Gasteiger partial charge in [-0.15, -0.1) is 0 Å². The third-order valence-electron chi connectivity index (χ3n) is 3.35. The van der Waals surface area contributed by atoms with Gasteiger partial charge in [0.25, 0.3) is 0 Å². The zero-order valence-electron chi connectivity index (χ0n) is 13.2. The number of carbonyl (C=O) groups is 2. The van der Waals surface area contributed by atoms with Crippen molar-refractivity contribution in [3.8, 4) is 0 Å². The van der Waals surface area contributed by atoms with Crippen molar-refractivity contribution in [3.63, 3.8) is 0 Å². The lowest BCUT2D eigenvalue weighted by Gasteiger charge is -2.03. The number of rotatable bonds is 5. The van der Waals surface area contributed by atoms with Crippen LogP contribution in [0.1, 0.15) is 27.0 Å². The molecule has 0 aromatic heterocycles. The van der Waals surface area contributed by atoms with Crippen molar-refractivity contribution in [3.05, 3.63) is 76.9 Å². The van der Waals surface area contributed by atoms with Crippen LogP contribution in [-0.2, 0) is 16.1 Å². The molecule has 23 heavy (non-hydrogen) atoms. The summed E-state index contributed by atoms with van der Waals surface area (Å²) in [6.07, 6.45) is 3.17. The lowest BCUT2D eigenvalue weighted by Crippen LogP contribution is -2.20. The topological polar surface area (TPSA) is 55.4 Å². The van der Waals surface area contributed by atoms with Crippen molar-refractivity contribution in [2.75, 3.05) is 7.11 Å². The van der Waals surface area contributed by atoms with Gasteiger partial charge >= 0.3 is 5.97 Å². The molecular formula is C19H19NO3. The Morgan fingerprint density at radius 3 is 2.30 bits per heavy atom. The number of methoxy groups -OCH3 is 1. The van der Waals surface area contributed by atoms with Crippen molar-refractivity contribution in [2.45, 2.75) is 13.5 Å². The van der Waals surface area contributed by atoms with Gasteiger partial charge in [-0.3, -0.25) is 4.79 Å². The Hall–Kier alpha value is -2.88. The summed E-state index contributed by atoms with van der Waals surface area (Å²) >= 11 is 0. The molecule has 0 bridgehead atoms. The Labute approximate surface area is 135 Å². The minimum Gasteiger partial charge on any atom is -0.465 e. The summed E-state index contributed by atoms with van der Waals surface area (Å²) in [4.78, 5) is 23.1. The summed E-state index contributed by atoms with van der Waals surface area (Å²) in [7, 11) is 1.34. The summed E-state index contributed by atoms with van der Waals surface area (Å²) in [6, 6.07) is 14.9. The van der Waals surface area contributed by atoms with Gasteiger partial charge in [-0.2, -0.15) is 0 Å². The first kappa shape index (κ1) is 16.5. The molecule has 1 amide bonds. The van der Waals surface area contributed by atoms with E-state index in [0.717, 1.165) is 11.1 Å². The summed E-state index contributed by atoms with van der Waals surface area (Å²) < 4.78 is 4.63. The van der Waals surface area contributed by atoms with E-state index in [4.69, 9.17) is 0 Å². The fourth-order valence-electron chi connectivity index (χ4n) is 1.97. The molecular weight excluding hydrogens is 290 g/mol. The van der Waals surface area contributed by atoms with Gasteiger partial charge in [0.05, 0.1) is 12.7 Å². The first-order chi connectivity index (χ1) is 11.1. The van der Waals surface area contributed by atoms with Crippen LogP contribution in [0.5, 0.6) is 0 Å². The van der Waals surface area contributed by atoms with Gasteiger partial charge in [0.2, 0.25) is 5.91 Å². The lowest BCUT2D eigenvalue weighted by molar-refractivity contribution is -0.116. The van der Waals surface area contributed by atoms with Crippen LogP contribution < -0.4 is 5.32 Å². The smallest absolute Gasteiger partial charge is 0.337 e. The molecule has 1 N–H and O–H groups in total. The molecule has 2 aromatic rings. The highest BCUT2D eigenvalue weighted by molar-refractivity contribution is 5.92. The molecule has 0 aliphatic carbocycles. The first-order valence-electron chi connectivity index (χ1n) is 7.28. The highest BCUT2D eigenvalue weighted by Crippen LogP contribution is 2.07. The van der Waals surface area contributed by atoms with E-state index >= 15 is 0 Å². The molecule has 0 saturated heterocycles. The molecule has 2 aromatic carbocycles. The number of carbonyl (C=O) groups excluding carboxylic acids is 2. The first-order valence-corrected chi connectivity index (χ1v) is 7.28. The predicted octanol–water partition coefficient (Wildman–Crippen LogP) is 3.11. The van der Waals surface area contributed by atoms with E-state index in [1.54, 1.807) is 30.3 Å². The number of hydrogen-bond donors (Lipinski definition) is 1. The number of hydrogen-bond acceptors (Lipinski definition) is 3. The molecule has 0 atom stereocenters. The average Bonchev–Trinajstić information content (AvgIpc) is 2.59. The number of amides is 1. The van der Waals surface area contributed by atoms with Gasteiger partial charge < -0.3 is 10.1 Å². The Kier molecular flexibility index (Phi) is 5.69. The Bertz CT molecular complexity index is 700. The van der Waals surface area contributed by atoms with Crippen molar-refractivity contribution in [2.24, 2.45) is 0 Å². The average molecular weight is 309 g/mol. The fraction of sp³-hybridized carbons (Fsp3) is 0.158. The maximum atomic E-state index is 11.8. The molecule has 0 radical (unpaired) electrons. The summed E-state index contributed by atoms with van der Waals surface area (Å²) in [5.74, 6) is -0.543. The van der Waals surface area contributed by atoms with Crippen molar-refractivity contribution in [1.29, 1.82) is 0 Å². The maximum absolute atomic E-state index is 11.8. The van der Waals surface area contributed by atoms with E-state index in [0.29, 0.717) is 12.1 Å². The molecule has 118 valence electrons. The van der Waals surface area contributed by atoms with Crippen LogP contribution in [0, 0.1) is 6.92 Å². The number of benzene rings is 2.